The summed E-state index contributed by atoms with van der Waals surface area (Å²) in [6, 6.07) is 8.50. The molecule has 0 unspecified atom stereocenters. The van der Waals surface area contributed by atoms with Crippen LogP contribution < -0.4 is 4.74 Å². The number of carbonyl (C=O) groups is 2. The molecule has 1 aromatic carbocycles. The summed E-state index contributed by atoms with van der Waals surface area (Å²) in [5.74, 6) is -0.418. The molecular formula is C14H14N2O4. The van der Waals surface area contributed by atoms with Gasteiger partial charge in [0.2, 0.25) is 0 Å². The van der Waals surface area contributed by atoms with Crippen LogP contribution in [0.25, 0.3) is 0 Å². The predicted molar refractivity (Wildman–Crippen MR) is 69.0 cm³/mol. The molecule has 2 rings (SSSR count). The van der Waals surface area contributed by atoms with Crippen molar-refractivity contribution in [3.63, 3.8) is 0 Å². The van der Waals surface area contributed by atoms with E-state index in [1.54, 1.807) is 29.2 Å². The average molecular weight is 274 g/mol. The maximum Gasteiger partial charge on any atom is 0.303 e. The first-order valence-electron chi connectivity index (χ1n) is 6.21. The second-order valence-corrected chi connectivity index (χ2v) is 4.69. The maximum atomic E-state index is 11.8. The van der Waals surface area contributed by atoms with Gasteiger partial charge in [0.1, 0.15) is 5.75 Å². The highest BCUT2D eigenvalue weighted by molar-refractivity contribution is 5.79. The number of hydrogen-bond donors (Lipinski definition) is 1. The molecule has 1 saturated heterocycles. The fourth-order valence-electron chi connectivity index (χ4n) is 2.01. The first kappa shape index (κ1) is 13.9. The zero-order valence-electron chi connectivity index (χ0n) is 10.8. The lowest BCUT2D eigenvalue weighted by molar-refractivity contribution is -0.146. The SMILES string of the molecule is N#Cc1ccc(OCC(=O)N2CC(CC(=O)O)C2)cc1. The van der Waals surface area contributed by atoms with Gasteiger partial charge in [0.05, 0.1) is 18.1 Å². The summed E-state index contributed by atoms with van der Waals surface area (Å²) in [7, 11) is 0. The molecule has 0 spiro atoms. The van der Waals surface area contributed by atoms with Gasteiger partial charge in [-0.15, -0.1) is 0 Å². The highest BCUT2D eigenvalue weighted by atomic mass is 16.5. The molecular weight excluding hydrogens is 260 g/mol. The van der Waals surface area contributed by atoms with Crippen molar-refractivity contribution in [2.45, 2.75) is 6.42 Å². The zero-order valence-corrected chi connectivity index (χ0v) is 10.8. The number of amides is 1. The Morgan fingerprint density at radius 3 is 2.55 bits per heavy atom. The smallest absolute Gasteiger partial charge is 0.303 e. The van der Waals surface area contributed by atoms with Crippen molar-refractivity contribution in [3.05, 3.63) is 29.8 Å². The van der Waals surface area contributed by atoms with E-state index >= 15 is 0 Å². The van der Waals surface area contributed by atoms with Gasteiger partial charge in [-0.05, 0) is 24.3 Å². The van der Waals surface area contributed by atoms with Gasteiger partial charge < -0.3 is 14.7 Å². The van der Waals surface area contributed by atoms with Crippen LogP contribution in [0.3, 0.4) is 0 Å². The first-order valence-corrected chi connectivity index (χ1v) is 6.21. The third-order valence-electron chi connectivity index (χ3n) is 3.12. The number of aliphatic carboxylic acids is 1. The summed E-state index contributed by atoms with van der Waals surface area (Å²) in [6.07, 6.45) is 0.0975. The molecule has 0 atom stereocenters. The Labute approximate surface area is 116 Å². The Morgan fingerprint density at radius 1 is 1.35 bits per heavy atom. The third-order valence-corrected chi connectivity index (χ3v) is 3.12. The topological polar surface area (TPSA) is 90.6 Å². The predicted octanol–water partition coefficient (Wildman–Crippen LogP) is 0.870. The van der Waals surface area contributed by atoms with E-state index in [0.717, 1.165) is 0 Å². The van der Waals surface area contributed by atoms with E-state index in [9.17, 15) is 9.59 Å². The van der Waals surface area contributed by atoms with Crippen LogP contribution in [0.4, 0.5) is 0 Å². The number of carbonyl (C=O) groups excluding carboxylic acids is 1. The molecule has 0 bridgehead atoms. The number of ether oxygens (including phenoxy) is 1. The summed E-state index contributed by atoms with van der Waals surface area (Å²) < 4.78 is 5.32. The standard InChI is InChI=1S/C14H14N2O4/c15-6-10-1-3-12(4-2-10)20-9-13(17)16-7-11(8-16)5-14(18)19/h1-4,11H,5,7-9H2,(H,18,19). The van der Waals surface area contributed by atoms with E-state index in [1.165, 1.54) is 0 Å². The van der Waals surface area contributed by atoms with Crippen LogP contribution in [0, 0.1) is 17.2 Å². The molecule has 1 aliphatic heterocycles. The van der Waals surface area contributed by atoms with Gasteiger partial charge in [0.25, 0.3) is 5.91 Å². The molecule has 0 aliphatic carbocycles. The molecule has 1 fully saturated rings. The minimum Gasteiger partial charge on any atom is -0.484 e. The van der Waals surface area contributed by atoms with Gasteiger partial charge in [-0.3, -0.25) is 9.59 Å². The number of nitrogens with zero attached hydrogens (tertiary/aromatic N) is 2. The molecule has 1 aromatic rings. The zero-order chi connectivity index (χ0) is 14.5. The normalized spacial score (nSPS) is 14.2. The second-order valence-electron chi connectivity index (χ2n) is 4.69. The third kappa shape index (κ3) is 3.48. The number of hydrogen-bond acceptors (Lipinski definition) is 4. The molecule has 6 nitrogen and oxygen atoms in total. The Kier molecular flexibility index (Phi) is 4.20. The first-order chi connectivity index (χ1) is 9.58. The molecule has 1 aliphatic rings. The molecule has 20 heavy (non-hydrogen) atoms. The van der Waals surface area contributed by atoms with Gasteiger partial charge in [-0.25, -0.2) is 0 Å². The van der Waals surface area contributed by atoms with E-state index < -0.39 is 5.97 Å². The van der Waals surface area contributed by atoms with Gasteiger partial charge >= 0.3 is 5.97 Å². The number of likely N-dealkylation sites (tertiary alicyclic amines) is 1. The minimum atomic E-state index is -0.837. The van der Waals surface area contributed by atoms with Crippen LogP contribution in [0.5, 0.6) is 5.75 Å². The molecule has 104 valence electrons. The fourth-order valence-corrected chi connectivity index (χ4v) is 2.01. The van der Waals surface area contributed by atoms with Crippen molar-refractivity contribution in [1.82, 2.24) is 4.90 Å². The van der Waals surface area contributed by atoms with Crippen molar-refractivity contribution >= 4 is 11.9 Å². The van der Waals surface area contributed by atoms with E-state index in [1.807, 2.05) is 6.07 Å². The Hall–Kier alpha value is -2.55. The van der Waals surface area contributed by atoms with Crippen LogP contribution in [0.1, 0.15) is 12.0 Å². The summed E-state index contributed by atoms with van der Waals surface area (Å²) in [5.41, 5.74) is 0.530. The number of nitriles is 1. The highest BCUT2D eigenvalue weighted by Crippen LogP contribution is 2.19. The van der Waals surface area contributed by atoms with Gasteiger partial charge in [-0.1, -0.05) is 0 Å². The van der Waals surface area contributed by atoms with Crippen molar-refractivity contribution < 1.29 is 19.4 Å². The number of rotatable bonds is 5. The quantitative estimate of drug-likeness (QED) is 0.860. The molecule has 0 radical (unpaired) electrons. The molecule has 1 heterocycles. The maximum absolute atomic E-state index is 11.8. The lowest BCUT2D eigenvalue weighted by Crippen LogP contribution is -2.52. The molecule has 6 heteroatoms. The lowest BCUT2D eigenvalue weighted by atomic mass is 9.96. The molecule has 1 amide bonds. The minimum absolute atomic E-state index is 0.0476. The van der Waals surface area contributed by atoms with Crippen LogP contribution in [0.15, 0.2) is 24.3 Å². The van der Waals surface area contributed by atoms with Crippen LogP contribution in [-0.4, -0.2) is 41.6 Å². The monoisotopic (exact) mass is 274 g/mol. The van der Waals surface area contributed by atoms with Gasteiger partial charge in [-0.2, -0.15) is 5.26 Å². The summed E-state index contributed by atoms with van der Waals surface area (Å²) in [5, 5.41) is 17.3. The fraction of sp³-hybridized carbons (Fsp3) is 0.357. The number of carboxylic acid groups (broad SMARTS) is 1. The van der Waals surface area contributed by atoms with Crippen LogP contribution >= 0.6 is 0 Å². The lowest BCUT2D eigenvalue weighted by Gasteiger charge is -2.38. The largest absolute Gasteiger partial charge is 0.484 e. The number of benzene rings is 1. The second kappa shape index (κ2) is 6.06. The Balaban J connectivity index is 1.73. The molecule has 1 N–H and O–H groups in total. The van der Waals surface area contributed by atoms with E-state index in [-0.39, 0.29) is 24.9 Å². The summed E-state index contributed by atoms with van der Waals surface area (Å²) in [4.78, 5) is 23.8. The van der Waals surface area contributed by atoms with E-state index in [4.69, 9.17) is 15.1 Å². The molecule has 0 aromatic heterocycles. The van der Waals surface area contributed by atoms with Crippen molar-refractivity contribution in [2.24, 2.45) is 5.92 Å². The number of carboxylic acids is 1. The van der Waals surface area contributed by atoms with E-state index in [0.29, 0.717) is 24.4 Å². The van der Waals surface area contributed by atoms with Crippen LogP contribution in [0.2, 0.25) is 0 Å². The van der Waals surface area contributed by atoms with Crippen LogP contribution in [-0.2, 0) is 9.59 Å². The Bertz CT molecular complexity index is 541. The van der Waals surface area contributed by atoms with Crippen molar-refractivity contribution in [2.75, 3.05) is 19.7 Å². The highest BCUT2D eigenvalue weighted by Gasteiger charge is 2.31. The molecule has 0 saturated carbocycles. The van der Waals surface area contributed by atoms with Gasteiger partial charge in [0.15, 0.2) is 6.61 Å². The summed E-state index contributed by atoms with van der Waals surface area (Å²) in [6.45, 7) is 0.870. The van der Waals surface area contributed by atoms with Crippen molar-refractivity contribution in [3.8, 4) is 11.8 Å². The van der Waals surface area contributed by atoms with Gasteiger partial charge in [0, 0.05) is 19.0 Å². The summed E-state index contributed by atoms with van der Waals surface area (Å²) >= 11 is 0. The Morgan fingerprint density at radius 2 is 2.00 bits per heavy atom. The van der Waals surface area contributed by atoms with E-state index in [2.05, 4.69) is 0 Å². The van der Waals surface area contributed by atoms with Crippen molar-refractivity contribution in [1.29, 1.82) is 5.26 Å². The average Bonchev–Trinajstić information content (AvgIpc) is 2.40.